The van der Waals surface area contributed by atoms with Crippen molar-refractivity contribution in [2.24, 2.45) is 0 Å². The first kappa shape index (κ1) is 14.8. The van der Waals surface area contributed by atoms with Crippen molar-refractivity contribution in [1.29, 1.82) is 5.26 Å². The summed E-state index contributed by atoms with van der Waals surface area (Å²) in [6.45, 7) is 0.101. The van der Waals surface area contributed by atoms with Crippen molar-refractivity contribution in [3.63, 3.8) is 0 Å². The van der Waals surface area contributed by atoms with E-state index in [1.54, 1.807) is 0 Å². The Bertz CT molecular complexity index is 637. The maximum atomic E-state index is 12.9. The first-order valence-corrected chi connectivity index (χ1v) is 5.90. The van der Waals surface area contributed by atoms with Gasteiger partial charge >= 0.3 is 12.2 Å². The van der Waals surface area contributed by atoms with E-state index in [-0.39, 0.29) is 12.2 Å². The Morgan fingerprint density at radius 1 is 1.43 bits per heavy atom. The van der Waals surface area contributed by atoms with Gasteiger partial charge in [-0.25, -0.2) is 4.79 Å². The SMILES string of the molecule is CN1CC(C=O)N(c2ccc(C#N)c(C(F)(F)F)c2)C1=O. The van der Waals surface area contributed by atoms with E-state index in [2.05, 4.69) is 0 Å². The fourth-order valence-corrected chi connectivity index (χ4v) is 2.19. The summed E-state index contributed by atoms with van der Waals surface area (Å²) in [6.07, 6.45) is -4.21. The summed E-state index contributed by atoms with van der Waals surface area (Å²) < 4.78 is 38.8. The van der Waals surface area contributed by atoms with Crippen LogP contribution in [0.2, 0.25) is 0 Å². The number of alkyl halides is 3. The van der Waals surface area contributed by atoms with Gasteiger partial charge in [0.1, 0.15) is 12.3 Å². The number of anilines is 1. The van der Waals surface area contributed by atoms with E-state index in [0.717, 1.165) is 11.0 Å². The summed E-state index contributed by atoms with van der Waals surface area (Å²) in [5.74, 6) is 0. The quantitative estimate of drug-likeness (QED) is 0.784. The molecule has 0 aliphatic carbocycles. The van der Waals surface area contributed by atoms with Gasteiger partial charge in [-0.1, -0.05) is 0 Å². The van der Waals surface area contributed by atoms with Crippen molar-refractivity contribution >= 4 is 18.0 Å². The van der Waals surface area contributed by atoms with Gasteiger partial charge in [-0.3, -0.25) is 4.90 Å². The molecule has 0 bridgehead atoms. The van der Waals surface area contributed by atoms with E-state index in [1.807, 2.05) is 0 Å². The normalized spacial score (nSPS) is 18.8. The lowest BCUT2D eigenvalue weighted by atomic mass is 10.1. The van der Waals surface area contributed by atoms with Gasteiger partial charge in [0.05, 0.1) is 17.2 Å². The number of benzene rings is 1. The summed E-state index contributed by atoms with van der Waals surface area (Å²) in [4.78, 5) is 25.2. The van der Waals surface area contributed by atoms with E-state index in [9.17, 15) is 22.8 Å². The molecule has 1 aromatic carbocycles. The first-order chi connectivity index (χ1) is 9.79. The second-order valence-electron chi connectivity index (χ2n) is 4.58. The van der Waals surface area contributed by atoms with Gasteiger partial charge in [0.15, 0.2) is 0 Å². The number of rotatable bonds is 2. The van der Waals surface area contributed by atoms with Gasteiger partial charge in [0, 0.05) is 19.3 Å². The Morgan fingerprint density at radius 2 is 2.10 bits per heavy atom. The Kier molecular flexibility index (Phi) is 3.60. The third-order valence-electron chi connectivity index (χ3n) is 3.19. The molecule has 1 fully saturated rings. The number of carbonyl (C=O) groups is 2. The average Bonchev–Trinajstić information content (AvgIpc) is 2.72. The summed E-state index contributed by atoms with van der Waals surface area (Å²) >= 11 is 0. The number of amides is 2. The minimum Gasteiger partial charge on any atom is -0.325 e. The van der Waals surface area contributed by atoms with Crippen LogP contribution in [-0.4, -0.2) is 36.9 Å². The number of likely N-dealkylation sites (N-methyl/N-ethyl adjacent to an activating group) is 1. The summed E-state index contributed by atoms with van der Waals surface area (Å²) in [5.41, 5.74) is -1.73. The molecule has 0 spiro atoms. The number of hydrogen-bond donors (Lipinski definition) is 0. The molecule has 21 heavy (non-hydrogen) atoms. The van der Waals surface area contributed by atoms with E-state index in [4.69, 9.17) is 5.26 Å². The van der Waals surface area contributed by atoms with E-state index in [1.165, 1.54) is 24.1 Å². The highest BCUT2D eigenvalue weighted by Crippen LogP contribution is 2.35. The molecule has 0 radical (unpaired) electrons. The lowest BCUT2D eigenvalue weighted by molar-refractivity contribution is -0.137. The van der Waals surface area contributed by atoms with Gasteiger partial charge < -0.3 is 9.69 Å². The van der Waals surface area contributed by atoms with Crippen LogP contribution < -0.4 is 4.90 Å². The van der Waals surface area contributed by atoms with Crippen molar-refractivity contribution in [3.05, 3.63) is 29.3 Å². The van der Waals surface area contributed by atoms with Crippen LogP contribution in [0.15, 0.2) is 18.2 Å². The first-order valence-electron chi connectivity index (χ1n) is 5.90. The molecule has 0 aromatic heterocycles. The van der Waals surface area contributed by atoms with Crippen LogP contribution in [0.4, 0.5) is 23.7 Å². The monoisotopic (exact) mass is 297 g/mol. The van der Waals surface area contributed by atoms with Crippen LogP contribution in [-0.2, 0) is 11.0 Å². The molecule has 1 aliphatic heterocycles. The third-order valence-corrected chi connectivity index (χ3v) is 3.19. The van der Waals surface area contributed by atoms with Crippen LogP contribution >= 0.6 is 0 Å². The van der Waals surface area contributed by atoms with Crippen LogP contribution in [0, 0.1) is 11.3 Å². The summed E-state index contributed by atoms with van der Waals surface area (Å²) in [5, 5.41) is 8.74. The van der Waals surface area contributed by atoms with Crippen LogP contribution in [0.5, 0.6) is 0 Å². The second-order valence-corrected chi connectivity index (χ2v) is 4.58. The second kappa shape index (κ2) is 5.09. The van der Waals surface area contributed by atoms with Gasteiger partial charge in [0.2, 0.25) is 0 Å². The third kappa shape index (κ3) is 2.54. The van der Waals surface area contributed by atoms with Gasteiger partial charge in [-0.2, -0.15) is 18.4 Å². The number of urea groups is 1. The number of halogens is 3. The maximum absolute atomic E-state index is 12.9. The van der Waals surface area contributed by atoms with Gasteiger partial charge in [-0.05, 0) is 18.2 Å². The molecule has 0 N–H and O–H groups in total. The maximum Gasteiger partial charge on any atom is 0.417 e. The van der Waals surface area contributed by atoms with Crippen molar-refractivity contribution in [2.75, 3.05) is 18.5 Å². The smallest absolute Gasteiger partial charge is 0.325 e. The zero-order valence-corrected chi connectivity index (χ0v) is 10.9. The topological polar surface area (TPSA) is 64.4 Å². The lowest BCUT2D eigenvalue weighted by Gasteiger charge is -2.21. The molecule has 1 saturated heterocycles. The number of aldehydes is 1. The predicted octanol–water partition coefficient (Wildman–Crippen LogP) is 2.02. The molecule has 110 valence electrons. The van der Waals surface area contributed by atoms with E-state index >= 15 is 0 Å². The molecule has 8 heteroatoms. The average molecular weight is 297 g/mol. The number of carbonyl (C=O) groups excluding carboxylic acids is 2. The van der Waals surface area contributed by atoms with Crippen molar-refractivity contribution < 1.29 is 22.8 Å². The molecule has 0 saturated carbocycles. The van der Waals surface area contributed by atoms with Gasteiger partial charge in [0.25, 0.3) is 0 Å². The lowest BCUT2D eigenvalue weighted by Crippen LogP contribution is -2.35. The van der Waals surface area contributed by atoms with Crippen LogP contribution in [0.1, 0.15) is 11.1 Å². The molecular formula is C13H10F3N3O2. The highest BCUT2D eigenvalue weighted by atomic mass is 19.4. The minimum absolute atomic E-state index is 0.0622. The molecular weight excluding hydrogens is 287 g/mol. The Hall–Kier alpha value is -2.56. The number of nitriles is 1. The van der Waals surface area contributed by atoms with Crippen molar-refractivity contribution in [2.45, 2.75) is 12.2 Å². The minimum atomic E-state index is -4.72. The van der Waals surface area contributed by atoms with Crippen LogP contribution in [0.25, 0.3) is 0 Å². The summed E-state index contributed by atoms with van der Waals surface area (Å²) in [7, 11) is 1.45. The highest BCUT2D eigenvalue weighted by Gasteiger charge is 2.39. The molecule has 1 heterocycles. The fraction of sp³-hybridized carbons (Fsp3) is 0.308. The molecule has 1 aliphatic rings. The largest absolute Gasteiger partial charge is 0.417 e. The Labute approximate surface area is 118 Å². The zero-order valence-electron chi connectivity index (χ0n) is 10.9. The van der Waals surface area contributed by atoms with E-state index < -0.39 is 29.4 Å². The molecule has 1 aromatic rings. The van der Waals surface area contributed by atoms with Crippen molar-refractivity contribution in [1.82, 2.24) is 4.90 Å². The standard InChI is InChI=1S/C13H10F3N3O2/c1-18-6-10(7-20)19(12(18)21)9-3-2-8(5-17)11(4-9)13(14,15)16/h2-4,7,10H,6H2,1H3. The predicted molar refractivity (Wildman–Crippen MR) is 66.5 cm³/mol. The zero-order chi connectivity index (χ0) is 15.8. The summed E-state index contributed by atoms with van der Waals surface area (Å²) in [6, 6.07) is 2.98. The van der Waals surface area contributed by atoms with Crippen molar-refractivity contribution in [3.8, 4) is 6.07 Å². The van der Waals surface area contributed by atoms with Gasteiger partial charge in [-0.15, -0.1) is 0 Å². The Morgan fingerprint density at radius 3 is 2.62 bits per heavy atom. The highest BCUT2D eigenvalue weighted by molar-refractivity contribution is 5.99. The molecule has 2 rings (SSSR count). The van der Waals surface area contributed by atoms with E-state index in [0.29, 0.717) is 12.4 Å². The molecule has 5 nitrogen and oxygen atoms in total. The molecule has 1 atom stereocenters. The number of nitrogens with zero attached hydrogens (tertiary/aromatic N) is 3. The number of hydrogen-bond acceptors (Lipinski definition) is 3. The fourth-order valence-electron chi connectivity index (χ4n) is 2.19. The van der Waals surface area contributed by atoms with Crippen LogP contribution in [0.3, 0.4) is 0 Å². The molecule has 1 unspecified atom stereocenters. The Balaban J connectivity index is 2.53. The molecule has 2 amide bonds.